The van der Waals surface area contributed by atoms with Crippen molar-refractivity contribution in [3.63, 3.8) is 0 Å². The summed E-state index contributed by atoms with van der Waals surface area (Å²) in [6.07, 6.45) is 2.07. The lowest BCUT2D eigenvalue weighted by Crippen LogP contribution is -2.55. The Morgan fingerprint density at radius 3 is 2.93 bits per heavy atom. The summed E-state index contributed by atoms with van der Waals surface area (Å²) in [5.74, 6) is 0.604. The molecule has 2 fully saturated rings. The van der Waals surface area contributed by atoms with Gasteiger partial charge in [-0.1, -0.05) is 13.8 Å². The van der Waals surface area contributed by atoms with Gasteiger partial charge in [-0.3, -0.25) is 0 Å². The van der Waals surface area contributed by atoms with Crippen LogP contribution in [0, 0.1) is 11.3 Å². The van der Waals surface area contributed by atoms with Crippen LogP contribution in [-0.4, -0.2) is 48.8 Å². The molecule has 3 nitrogen and oxygen atoms in total. The quantitative estimate of drug-likeness (QED) is 0.707. The molecule has 0 aromatic rings. The van der Waals surface area contributed by atoms with Crippen molar-refractivity contribution >= 4 is 0 Å². The molecule has 2 heterocycles. The highest BCUT2D eigenvalue weighted by atomic mass is 16.3. The number of likely N-dealkylation sites (tertiary alicyclic amines) is 1. The van der Waals surface area contributed by atoms with E-state index in [4.69, 9.17) is 0 Å². The average molecular weight is 212 g/mol. The van der Waals surface area contributed by atoms with Gasteiger partial charge in [-0.05, 0) is 31.8 Å². The molecule has 0 saturated carbocycles. The van der Waals surface area contributed by atoms with Crippen molar-refractivity contribution in [2.45, 2.75) is 32.8 Å². The molecule has 3 heteroatoms. The van der Waals surface area contributed by atoms with Crippen LogP contribution in [0.25, 0.3) is 0 Å². The number of nitrogens with zero attached hydrogens (tertiary/aromatic N) is 1. The average Bonchev–Trinajstić information content (AvgIpc) is 2.56. The van der Waals surface area contributed by atoms with Gasteiger partial charge in [-0.15, -0.1) is 0 Å². The topological polar surface area (TPSA) is 35.5 Å². The Morgan fingerprint density at radius 1 is 1.53 bits per heavy atom. The predicted octanol–water partition coefficient (Wildman–Crippen LogP) is 0.689. The standard InChI is InChI=1S/C12H24N2O/c1-3-5-14-6-4-11(15)12(9-14)8-13-7-10(12)2/h10-11,13,15H,3-9H2,1-2H3. The summed E-state index contributed by atoms with van der Waals surface area (Å²) in [4.78, 5) is 2.52. The van der Waals surface area contributed by atoms with Crippen LogP contribution in [0.4, 0.5) is 0 Å². The molecule has 2 N–H and O–H groups in total. The highest BCUT2D eigenvalue weighted by molar-refractivity contribution is 5.02. The lowest BCUT2D eigenvalue weighted by molar-refractivity contribution is -0.0556. The van der Waals surface area contributed by atoms with E-state index in [1.54, 1.807) is 0 Å². The van der Waals surface area contributed by atoms with E-state index in [-0.39, 0.29) is 11.5 Å². The zero-order valence-corrected chi connectivity index (χ0v) is 10.00. The van der Waals surface area contributed by atoms with Crippen molar-refractivity contribution in [3.8, 4) is 0 Å². The summed E-state index contributed by atoms with van der Waals surface area (Å²) >= 11 is 0. The molecule has 15 heavy (non-hydrogen) atoms. The van der Waals surface area contributed by atoms with Gasteiger partial charge in [0.25, 0.3) is 0 Å². The van der Waals surface area contributed by atoms with Crippen LogP contribution in [0.3, 0.4) is 0 Å². The van der Waals surface area contributed by atoms with Crippen LogP contribution in [0.15, 0.2) is 0 Å². The lowest BCUT2D eigenvalue weighted by Gasteiger charge is -2.46. The van der Waals surface area contributed by atoms with Crippen LogP contribution < -0.4 is 5.32 Å². The van der Waals surface area contributed by atoms with Gasteiger partial charge in [-0.25, -0.2) is 0 Å². The highest BCUT2D eigenvalue weighted by Gasteiger charge is 2.48. The maximum absolute atomic E-state index is 10.2. The minimum atomic E-state index is -0.101. The Bertz CT molecular complexity index is 222. The monoisotopic (exact) mass is 212 g/mol. The number of aliphatic hydroxyl groups is 1. The number of rotatable bonds is 2. The largest absolute Gasteiger partial charge is 0.392 e. The van der Waals surface area contributed by atoms with E-state index in [0.29, 0.717) is 5.92 Å². The third kappa shape index (κ3) is 1.93. The molecule has 0 aromatic carbocycles. The fourth-order valence-corrected chi connectivity index (χ4v) is 3.26. The SMILES string of the molecule is CCCN1CCC(O)C2(CNCC2C)C1. The molecular weight excluding hydrogens is 188 g/mol. The molecular formula is C12H24N2O. The summed E-state index contributed by atoms with van der Waals surface area (Å²) in [6.45, 7) is 9.90. The van der Waals surface area contributed by atoms with E-state index in [2.05, 4.69) is 24.1 Å². The van der Waals surface area contributed by atoms with Crippen LogP contribution in [-0.2, 0) is 0 Å². The molecule has 2 saturated heterocycles. The van der Waals surface area contributed by atoms with Gasteiger partial charge in [0.2, 0.25) is 0 Å². The van der Waals surface area contributed by atoms with E-state index < -0.39 is 0 Å². The Balaban J connectivity index is 2.07. The van der Waals surface area contributed by atoms with E-state index >= 15 is 0 Å². The lowest BCUT2D eigenvalue weighted by atomic mass is 9.71. The van der Waals surface area contributed by atoms with Crippen molar-refractivity contribution in [3.05, 3.63) is 0 Å². The normalized spacial score (nSPS) is 42.6. The third-order valence-electron chi connectivity index (χ3n) is 4.33. The summed E-state index contributed by atoms with van der Waals surface area (Å²) in [6, 6.07) is 0. The van der Waals surface area contributed by atoms with Crippen molar-refractivity contribution in [2.75, 3.05) is 32.7 Å². The molecule has 2 rings (SSSR count). The summed E-state index contributed by atoms with van der Waals surface area (Å²) in [5.41, 5.74) is 0.132. The minimum absolute atomic E-state index is 0.101. The summed E-state index contributed by atoms with van der Waals surface area (Å²) in [7, 11) is 0. The van der Waals surface area contributed by atoms with Crippen LogP contribution in [0.1, 0.15) is 26.7 Å². The molecule has 3 atom stereocenters. The Hall–Kier alpha value is -0.120. The molecule has 1 spiro atoms. The molecule has 0 radical (unpaired) electrons. The second-order valence-corrected chi connectivity index (χ2v) is 5.35. The first-order valence-electron chi connectivity index (χ1n) is 6.30. The van der Waals surface area contributed by atoms with Crippen molar-refractivity contribution < 1.29 is 5.11 Å². The van der Waals surface area contributed by atoms with E-state index in [1.807, 2.05) is 0 Å². The van der Waals surface area contributed by atoms with E-state index in [0.717, 1.165) is 32.6 Å². The van der Waals surface area contributed by atoms with Gasteiger partial charge in [0.1, 0.15) is 0 Å². The first-order valence-corrected chi connectivity index (χ1v) is 6.30. The molecule has 0 amide bonds. The molecule has 0 aromatic heterocycles. The number of nitrogens with one attached hydrogen (secondary N) is 1. The number of aliphatic hydroxyl groups excluding tert-OH is 1. The van der Waals surface area contributed by atoms with Crippen LogP contribution in [0.2, 0.25) is 0 Å². The predicted molar refractivity (Wildman–Crippen MR) is 61.8 cm³/mol. The van der Waals surface area contributed by atoms with Gasteiger partial charge in [0.05, 0.1) is 6.10 Å². The minimum Gasteiger partial charge on any atom is -0.392 e. The zero-order chi connectivity index (χ0) is 10.9. The van der Waals surface area contributed by atoms with Crippen molar-refractivity contribution in [1.82, 2.24) is 10.2 Å². The fraction of sp³-hybridized carbons (Fsp3) is 1.00. The Kier molecular flexibility index (Phi) is 3.33. The van der Waals surface area contributed by atoms with E-state index in [1.165, 1.54) is 13.0 Å². The molecule has 3 unspecified atom stereocenters. The summed E-state index contributed by atoms with van der Waals surface area (Å²) in [5, 5.41) is 13.7. The maximum atomic E-state index is 10.2. The Morgan fingerprint density at radius 2 is 2.33 bits per heavy atom. The number of piperidine rings is 1. The summed E-state index contributed by atoms with van der Waals surface area (Å²) < 4.78 is 0. The van der Waals surface area contributed by atoms with Gasteiger partial charge < -0.3 is 15.3 Å². The van der Waals surface area contributed by atoms with Gasteiger partial charge in [-0.2, -0.15) is 0 Å². The van der Waals surface area contributed by atoms with Crippen LogP contribution in [0.5, 0.6) is 0 Å². The first kappa shape index (κ1) is 11.4. The molecule has 88 valence electrons. The van der Waals surface area contributed by atoms with Crippen LogP contribution >= 0.6 is 0 Å². The number of hydrogen-bond donors (Lipinski definition) is 2. The molecule has 2 aliphatic heterocycles. The zero-order valence-electron chi connectivity index (χ0n) is 10.00. The molecule has 0 bridgehead atoms. The third-order valence-corrected chi connectivity index (χ3v) is 4.33. The Labute approximate surface area is 92.8 Å². The van der Waals surface area contributed by atoms with Crippen molar-refractivity contribution in [1.29, 1.82) is 0 Å². The first-order chi connectivity index (χ1) is 7.19. The van der Waals surface area contributed by atoms with Gasteiger partial charge in [0.15, 0.2) is 0 Å². The second kappa shape index (κ2) is 4.40. The smallest absolute Gasteiger partial charge is 0.0636 e. The second-order valence-electron chi connectivity index (χ2n) is 5.35. The van der Waals surface area contributed by atoms with Gasteiger partial charge >= 0.3 is 0 Å². The van der Waals surface area contributed by atoms with E-state index in [9.17, 15) is 5.11 Å². The molecule has 2 aliphatic rings. The number of hydrogen-bond acceptors (Lipinski definition) is 3. The van der Waals surface area contributed by atoms with Crippen molar-refractivity contribution in [2.24, 2.45) is 11.3 Å². The molecule has 0 aliphatic carbocycles. The highest BCUT2D eigenvalue weighted by Crippen LogP contribution is 2.39. The van der Waals surface area contributed by atoms with Gasteiger partial charge in [0, 0.05) is 25.0 Å². The fourth-order valence-electron chi connectivity index (χ4n) is 3.26. The maximum Gasteiger partial charge on any atom is 0.0636 e.